The molecule has 3 atom stereocenters. The number of nitrogens with zero attached hydrogens (tertiary/aromatic N) is 1. The van der Waals surface area contributed by atoms with Crippen molar-refractivity contribution in [2.75, 3.05) is 18.3 Å². The minimum atomic E-state index is -1.48. The molecule has 2 unspecified atom stereocenters. The van der Waals surface area contributed by atoms with E-state index >= 15 is 0 Å². The van der Waals surface area contributed by atoms with Gasteiger partial charge in [0.15, 0.2) is 6.79 Å². The Morgan fingerprint density at radius 2 is 2.24 bits per heavy atom. The highest BCUT2D eigenvalue weighted by molar-refractivity contribution is 14.1. The van der Waals surface area contributed by atoms with Crippen LogP contribution in [0.1, 0.15) is 20.3 Å². The van der Waals surface area contributed by atoms with Gasteiger partial charge in [0.05, 0.1) is 16.5 Å². The highest BCUT2D eigenvalue weighted by Gasteiger charge is 2.72. The first-order valence-corrected chi connectivity index (χ1v) is 8.74. The molecular formula is C12H17IN2O5S. The van der Waals surface area contributed by atoms with Gasteiger partial charge in [-0.05, 0) is 6.92 Å². The van der Waals surface area contributed by atoms with Crippen molar-refractivity contribution in [3.8, 4) is 0 Å². The zero-order valence-electron chi connectivity index (χ0n) is 12.0. The number of β-lactam (4-membered cyclic amide) rings is 1. The third-order valence-corrected chi connectivity index (χ3v) is 7.30. The standard InChI is InChI=1S/C12H17IN2O5S/c1-7(16)14-12(10(18)20-6-19-3)11(2,5-13)21-9-4-8(17)15(9)12/h9H,4-6H2,1-3H3,(H,14,16)/t9-,11?,12?/m1/s1. The van der Waals surface area contributed by atoms with E-state index in [2.05, 4.69) is 27.9 Å². The molecule has 1 N–H and O–H groups in total. The number of nitrogens with one attached hydrogen (secondary N) is 1. The third-order valence-electron chi connectivity index (χ3n) is 3.64. The lowest BCUT2D eigenvalue weighted by Gasteiger charge is -2.47. The Labute approximate surface area is 140 Å². The molecule has 0 saturated carbocycles. The van der Waals surface area contributed by atoms with Gasteiger partial charge in [-0.15, -0.1) is 11.8 Å². The number of methoxy groups -OCH3 is 1. The van der Waals surface area contributed by atoms with E-state index in [9.17, 15) is 14.4 Å². The first-order chi connectivity index (χ1) is 9.82. The number of thioether (sulfide) groups is 1. The van der Waals surface area contributed by atoms with E-state index in [-0.39, 0.29) is 24.0 Å². The molecule has 0 spiro atoms. The van der Waals surface area contributed by atoms with E-state index in [0.717, 1.165) is 0 Å². The van der Waals surface area contributed by atoms with E-state index in [1.54, 1.807) is 0 Å². The summed E-state index contributed by atoms with van der Waals surface area (Å²) in [5.74, 6) is -1.22. The number of fused-ring (bicyclic) bond motifs is 1. The fraction of sp³-hybridized carbons (Fsp3) is 0.750. The van der Waals surface area contributed by atoms with Crippen molar-refractivity contribution < 1.29 is 23.9 Å². The summed E-state index contributed by atoms with van der Waals surface area (Å²) >= 11 is 3.67. The molecule has 2 rings (SSSR count). The number of alkyl halides is 1. The topological polar surface area (TPSA) is 84.9 Å². The third kappa shape index (κ3) is 2.42. The Balaban J connectivity index is 2.46. The largest absolute Gasteiger partial charge is 0.435 e. The monoisotopic (exact) mass is 428 g/mol. The van der Waals surface area contributed by atoms with Crippen molar-refractivity contribution in [2.45, 2.75) is 36.1 Å². The molecule has 2 aliphatic heterocycles. The molecule has 2 aliphatic rings. The van der Waals surface area contributed by atoms with Crippen molar-refractivity contribution >= 4 is 52.1 Å². The van der Waals surface area contributed by atoms with Crippen LogP contribution in [0.5, 0.6) is 0 Å². The van der Waals surface area contributed by atoms with Crippen molar-refractivity contribution in [1.82, 2.24) is 10.2 Å². The molecule has 118 valence electrons. The zero-order chi connectivity index (χ0) is 15.8. The Hall–Kier alpha value is -0.550. The van der Waals surface area contributed by atoms with Crippen molar-refractivity contribution in [1.29, 1.82) is 0 Å². The van der Waals surface area contributed by atoms with Crippen LogP contribution in [-0.2, 0) is 23.9 Å². The Kier molecular flexibility index (Phi) is 4.74. The van der Waals surface area contributed by atoms with Gasteiger partial charge in [0, 0.05) is 18.5 Å². The highest BCUT2D eigenvalue weighted by Crippen LogP contribution is 2.56. The number of ether oxygens (including phenoxy) is 2. The van der Waals surface area contributed by atoms with Crippen molar-refractivity contribution in [3.05, 3.63) is 0 Å². The summed E-state index contributed by atoms with van der Waals surface area (Å²) in [6, 6.07) is 0. The number of halogens is 1. The van der Waals surface area contributed by atoms with Crippen molar-refractivity contribution in [2.24, 2.45) is 0 Å². The minimum absolute atomic E-state index is 0.112. The smallest absolute Gasteiger partial charge is 0.356 e. The Morgan fingerprint density at radius 3 is 2.71 bits per heavy atom. The molecule has 2 heterocycles. The second-order valence-corrected chi connectivity index (χ2v) is 7.58. The molecule has 2 amide bonds. The van der Waals surface area contributed by atoms with Crippen LogP contribution < -0.4 is 5.32 Å². The van der Waals surface area contributed by atoms with Crippen LogP contribution in [0.15, 0.2) is 0 Å². The van der Waals surface area contributed by atoms with Crippen LogP contribution in [0.25, 0.3) is 0 Å². The molecule has 0 aromatic carbocycles. The summed E-state index contributed by atoms with van der Waals surface area (Å²) in [7, 11) is 1.40. The summed E-state index contributed by atoms with van der Waals surface area (Å²) in [5.41, 5.74) is -1.48. The number of esters is 1. The fourth-order valence-electron chi connectivity index (χ4n) is 2.68. The maximum Gasteiger partial charge on any atom is 0.356 e. The Bertz CT molecular complexity index is 490. The number of amides is 2. The summed E-state index contributed by atoms with van der Waals surface area (Å²) < 4.78 is 9.76. The van der Waals surface area contributed by atoms with E-state index in [0.29, 0.717) is 10.8 Å². The highest BCUT2D eigenvalue weighted by atomic mass is 127. The number of carbonyl (C=O) groups excluding carboxylic acids is 3. The molecule has 0 aromatic heterocycles. The lowest BCUT2D eigenvalue weighted by Crippen LogP contribution is -2.76. The molecule has 0 radical (unpaired) electrons. The van der Waals surface area contributed by atoms with E-state index in [1.165, 1.54) is 30.7 Å². The number of carbonyl (C=O) groups is 3. The van der Waals surface area contributed by atoms with Crippen LogP contribution >= 0.6 is 34.4 Å². The first-order valence-electron chi connectivity index (χ1n) is 6.33. The SMILES string of the molecule is COCOC(=O)C1(NC(C)=O)N2C(=O)C[C@H]2SC1(C)CI. The average Bonchev–Trinajstić information content (AvgIpc) is 2.61. The number of hydrogen-bond acceptors (Lipinski definition) is 6. The molecule has 0 aromatic rings. The quantitative estimate of drug-likeness (QED) is 0.225. The van der Waals surface area contributed by atoms with Gasteiger partial charge < -0.3 is 14.8 Å². The van der Waals surface area contributed by atoms with Gasteiger partial charge in [0.1, 0.15) is 0 Å². The molecule has 2 saturated heterocycles. The minimum Gasteiger partial charge on any atom is -0.435 e. The molecule has 21 heavy (non-hydrogen) atoms. The fourth-order valence-corrected chi connectivity index (χ4v) is 5.45. The Morgan fingerprint density at radius 1 is 1.57 bits per heavy atom. The average molecular weight is 428 g/mol. The summed E-state index contributed by atoms with van der Waals surface area (Å²) in [4.78, 5) is 37.8. The normalized spacial score (nSPS) is 34.2. The lowest BCUT2D eigenvalue weighted by molar-refractivity contribution is -0.184. The van der Waals surface area contributed by atoms with Gasteiger partial charge in [0.25, 0.3) is 0 Å². The molecule has 9 heteroatoms. The maximum absolute atomic E-state index is 12.6. The predicted octanol–water partition coefficient (Wildman–Crippen LogP) is 0.465. The van der Waals surface area contributed by atoms with Crippen LogP contribution in [-0.4, -0.2) is 56.8 Å². The van der Waals surface area contributed by atoms with Crippen molar-refractivity contribution in [3.63, 3.8) is 0 Å². The van der Waals surface area contributed by atoms with E-state index in [1.807, 2.05) is 6.92 Å². The second kappa shape index (κ2) is 5.92. The lowest BCUT2D eigenvalue weighted by atomic mass is 9.89. The summed E-state index contributed by atoms with van der Waals surface area (Å²) in [6.45, 7) is 2.95. The van der Waals surface area contributed by atoms with E-state index < -0.39 is 16.4 Å². The van der Waals surface area contributed by atoms with E-state index in [4.69, 9.17) is 9.47 Å². The molecule has 7 nitrogen and oxygen atoms in total. The van der Waals surface area contributed by atoms with Crippen LogP contribution in [0.2, 0.25) is 0 Å². The van der Waals surface area contributed by atoms with Crippen LogP contribution in [0.4, 0.5) is 0 Å². The van der Waals surface area contributed by atoms with Gasteiger partial charge in [-0.1, -0.05) is 22.6 Å². The number of hydrogen-bond donors (Lipinski definition) is 1. The van der Waals surface area contributed by atoms with Gasteiger partial charge in [-0.3, -0.25) is 14.5 Å². The maximum atomic E-state index is 12.6. The summed E-state index contributed by atoms with van der Waals surface area (Å²) in [6.07, 6.45) is 0.371. The molecule has 0 bridgehead atoms. The molecular weight excluding hydrogens is 411 g/mol. The van der Waals surface area contributed by atoms with Gasteiger partial charge in [-0.25, -0.2) is 4.79 Å². The predicted molar refractivity (Wildman–Crippen MR) is 84.6 cm³/mol. The van der Waals surface area contributed by atoms with Gasteiger partial charge >= 0.3 is 5.97 Å². The van der Waals surface area contributed by atoms with Gasteiger partial charge in [-0.2, -0.15) is 0 Å². The van der Waals surface area contributed by atoms with Gasteiger partial charge in [0.2, 0.25) is 17.5 Å². The van der Waals surface area contributed by atoms with Crippen LogP contribution in [0.3, 0.4) is 0 Å². The first kappa shape index (κ1) is 16.8. The van der Waals surface area contributed by atoms with Crippen LogP contribution in [0, 0.1) is 0 Å². The second-order valence-electron chi connectivity index (χ2n) is 5.13. The molecule has 2 fully saturated rings. The summed E-state index contributed by atoms with van der Waals surface area (Å²) in [5, 5.41) is 2.57. The molecule has 0 aliphatic carbocycles. The number of rotatable bonds is 5. The zero-order valence-corrected chi connectivity index (χ0v) is 14.9.